The Morgan fingerprint density at radius 2 is 2.17 bits per heavy atom. The van der Waals surface area contributed by atoms with E-state index < -0.39 is 0 Å². The van der Waals surface area contributed by atoms with Crippen LogP contribution in [0.25, 0.3) is 0 Å². The number of likely N-dealkylation sites (tertiary alicyclic amines) is 1. The van der Waals surface area contributed by atoms with Gasteiger partial charge in [0.05, 0.1) is 29.9 Å². The predicted octanol–water partition coefficient (Wildman–Crippen LogP) is 2.16. The molecule has 3 unspecified atom stereocenters. The highest BCUT2D eigenvalue weighted by Crippen LogP contribution is 2.33. The number of aldehydes is 1. The first-order valence-electron chi connectivity index (χ1n) is 14.0. The Balaban J connectivity index is 1.32. The van der Waals surface area contributed by atoms with Gasteiger partial charge in [0.15, 0.2) is 6.29 Å². The van der Waals surface area contributed by atoms with Gasteiger partial charge in [0, 0.05) is 57.2 Å². The minimum absolute atomic E-state index is 0.0143. The van der Waals surface area contributed by atoms with Crippen molar-refractivity contribution in [3.8, 4) is 6.07 Å². The molecule has 0 bridgehead atoms. The maximum absolute atomic E-state index is 13.5. The Morgan fingerprint density at radius 1 is 1.32 bits per heavy atom. The molecule has 2 N–H and O–H groups in total. The van der Waals surface area contributed by atoms with Crippen molar-refractivity contribution in [2.75, 3.05) is 69.0 Å². The number of methoxy groups -OCH3 is 1. The van der Waals surface area contributed by atoms with Crippen LogP contribution in [0.2, 0.25) is 0 Å². The van der Waals surface area contributed by atoms with Crippen molar-refractivity contribution in [2.24, 2.45) is 10.9 Å². The first-order chi connectivity index (χ1) is 19.9. The molecule has 41 heavy (non-hydrogen) atoms. The number of hydrogen-bond acceptors (Lipinski definition) is 10. The van der Waals surface area contributed by atoms with Crippen LogP contribution in [0.15, 0.2) is 28.5 Å². The van der Waals surface area contributed by atoms with Gasteiger partial charge in [-0.15, -0.1) is 0 Å². The number of likely N-dealkylation sites (N-methyl/N-ethyl adjacent to an activating group) is 1. The number of hydrogen-bond donors (Lipinski definition) is 2. The van der Waals surface area contributed by atoms with Gasteiger partial charge < -0.3 is 15.0 Å². The molecule has 1 aromatic rings. The maximum Gasteiger partial charge on any atom is 0.328 e. The van der Waals surface area contributed by atoms with E-state index in [4.69, 9.17) is 4.74 Å². The Bertz CT molecular complexity index is 1290. The molecule has 3 fully saturated rings. The number of ether oxygens (including phenoxy) is 1. The maximum atomic E-state index is 13.5. The summed E-state index contributed by atoms with van der Waals surface area (Å²) in [7, 11) is 3.61. The minimum Gasteiger partial charge on any atom is -0.378 e. The second-order valence-corrected chi connectivity index (χ2v) is 12.0. The average Bonchev–Trinajstić information content (AvgIpc) is 2.98. The summed E-state index contributed by atoms with van der Waals surface area (Å²) in [5, 5.41) is 15.9. The third-order valence-corrected chi connectivity index (χ3v) is 9.21. The van der Waals surface area contributed by atoms with Gasteiger partial charge in [0.1, 0.15) is 23.4 Å². The molecule has 5 heterocycles. The van der Waals surface area contributed by atoms with Crippen LogP contribution in [-0.4, -0.2) is 114 Å². The van der Waals surface area contributed by atoms with E-state index in [-0.39, 0.29) is 30.0 Å². The SMILES string of the molecule is COC1CSCCC1Nc1cc(NC(=O)N2CCCC3CC(CN4CCN(C)CC4=O)=C(C=O)N=C32)ncc1C#N. The molecule has 3 saturated heterocycles. The van der Waals surface area contributed by atoms with Gasteiger partial charge in [0.25, 0.3) is 0 Å². The fourth-order valence-corrected chi connectivity index (χ4v) is 7.00. The van der Waals surface area contributed by atoms with Gasteiger partial charge >= 0.3 is 6.03 Å². The zero-order chi connectivity index (χ0) is 28.9. The molecule has 218 valence electrons. The number of pyridine rings is 1. The van der Waals surface area contributed by atoms with Crippen LogP contribution in [0.1, 0.15) is 31.2 Å². The molecule has 0 aliphatic carbocycles. The molecule has 0 radical (unpaired) electrons. The van der Waals surface area contributed by atoms with E-state index >= 15 is 0 Å². The van der Waals surface area contributed by atoms with Crippen molar-refractivity contribution in [1.29, 1.82) is 5.26 Å². The number of piperidine rings is 1. The second-order valence-electron chi connectivity index (χ2n) is 10.9. The molecule has 3 amide bonds. The highest BCUT2D eigenvalue weighted by Gasteiger charge is 2.36. The number of allylic oxidation sites excluding steroid dienone is 1. The van der Waals surface area contributed by atoms with E-state index in [1.165, 1.54) is 6.20 Å². The lowest BCUT2D eigenvalue weighted by molar-refractivity contribution is -0.134. The van der Waals surface area contributed by atoms with Gasteiger partial charge in [-0.05, 0) is 44.1 Å². The summed E-state index contributed by atoms with van der Waals surface area (Å²) in [5.41, 5.74) is 2.12. The third-order valence-electron chi connectivity index (χ3n) is 8.12. The smallest absolute Gasteiger partial charge is 0.328 e. The molecule has 0 saturated carbocycles. The van der Waals surface area contributed by atoms with Gasteiger partial charge in [-0.3, -0.25) is 24.7 Å². The highest BCUT2D eigenvalue weighted by molar-refractivity contribution is 7.99. The van der Waals surface area contributed by atoms with Gasteiger partial charge in [-0.1, -0.05) is 0 Å². The monoisotopic (exact) mass is 580 g/mol. The van der Waals surface area contributed by atoms with Crippen LogP contribution in [0.4, 0.5) is 16.3 Å². The average molecular weight is 581 g/mol. The Morgan fingerprint density at radius 3 is 2.93 bits per heavy atom. The van der Waals surface area contributed by atoms with E-state index in [1.54, 1.807) is 23.0 Å². The number of thioether (sulfide) groups is 1. The summed E-state index contributed by atoms with van der Waals surface area (Å²) >= 11 is 1.84. The zero-order valence-electron chi connectivity index (χ0n) is 23.5. The van der Waals surface area contributed by atoms with E-state index in [2.05, 4.69) is 26.7 Å². The third kappa shape index (κ3) is 6.55. The first-order valence-corrected chi connectivity index (χ1v) is 15.1. The van der Waals surface area contributed by atoms with Gasteiger partial charge in [0.2, 0.25) is 5.91 Å². The molecule has 1 aromatic heterocycles. The predicted molar refractivity (Wildman–Crippen MR) is 157 cm³/mol. The summed E-state index contributed by atoms with van der Waals surface area (Å²) in [4.78, 5) is 52.3. The number of rotatable bonds is 7. The Kier molecular flexibility index (Phi) is 9.22. The zero-order valence-corrected chi connectivity index (χ0v) is 24.3. The van der Waals surface area contributed by atoms with E-state index in [0.717, 1.165) is 49.2 Å². The number of aromatic nitrogens is 1. The van der Waals surface area contributed by atoms with Crippen LogP contribution < -0.4 is 10.6 Å². The molecule has 12 nitrogen and oxygen atoms in total. The number of urea groups is 1. The number of nitrogens with zero attached hydrogens (tertiary/aromatic N) is 6. The number of amides is 3. The molecule has 5 rings (SSSR count). The molecular formula is C28H36N8O4S. The van der Waals surface area contributed by atoms with Gasteiger partial charge in [-0.2, -0.15) is 17.0 Å². The molecule has 13 heteroatoms. The summed E-state index contributed by atoms with van der Waals surface area (Å²) in [6.07, 6.45) is 5.30. The fourth-order valence-electron chi connectivity index (χ4n) is 5.81. The standard InChI is InChI=1S/C28H36N8O4S/c1-34-7-8-35(26(38)15-34)14-19-10-18-4-3-6-36(27(18)32-23(19)16-37)28(39)33-25-11-22(20(12-29)13-30-25)31-21-5-9-41-17-24(21)40-2/h11,13,16,18,21,24H,3-10,14-15,17H2,1-2H3,(H2,30,31,33,39). The lowest BCUT2D eigenvalue weighted by Crippen LogP contribution is -2.51. The van der Waals surface area contributed by atoms with Gasteiger partial charge in [-0.25, -0.2) is 14.8 Å². The normalized spacial score (nSPS) is 25.2. The number of anilines is 2. The van der Waals surface area contributed by atoms with E-state index in [0.29, 0.717) is 61.2 Å². The molecule has 4 aliphatic rings. The van der Waals surface area contributed by atoms with Crippen LogP contribution in [0, 0.1) is 17.2 Å². The number of piperazine rings is 1. The largest absolute Gasteiger partial charge is 0.378 e. The number of nitriles is 1. The Labute approximate surface area is 244 Å². The van der Waals surface area contributed by atoms with Crippen molar-refractivity contribution in [2.45, 2.75) is 37.8 Å². The molecule has 0 aromatic carbocycles. The highest BCUT2D eigenvalue weighted by atomic mass is 32.2. The number of amidine groups is 1. The number of fused-ring (bicyclic) bond motifs is 1. The summed E-state index contributed by atoms with van der Waals surface area (Å²) < 4.78 is 5.63. The molecule has 3 atom stereocenters. The van der Waals surface area contributed by atoms with E-state index in [9.17, 15) is 19.6 Å². The van der Waals surface area contributed by atoms with Crippen LogP contribution in [0.5, 0.6) is 0 Å². The molecule has 4 aliphatic heterocycles. The molecule has 0 spiro atoms. The fraction of sp³-hybridized carbons (Fsp3) is 0.571. The lowest BCUT2D eigenvalue weighted by atomic mass is 9.86. The summed E-state index contributed by atoms with van der Waals surface area (Å²) in [6, 6.07) is 3.51. The van der Waals surface area contributed by atoms with Crippen molar-refractivity contribution in [3.05, 3.63) is 29.1 Å². The van der Waals surface area contributed by atoms with Crippen molar-refractivity contribution in [1.82, 2.24) is 19.7 Å². The summed E-state index contributed by atoms with van der Waals surface area (Å²) in [5.74, 6) is 2.77. The van der Waals surface area contributed by atoms with E-state index in [1.807, 2.05) is 23.7 Å². The summed E-state index contributed by atoms with van der Waals surface area (Å²) in [6.45, 7) is 2.61. The molecular weight excluding hydrogens is 544 g/mol. The first kappa shape index (κ1) is 29.0. The van der Waals surface area contributed by atoms with Crippen molar-refractivity contribution in [3.63, 3.8) is 0 Å². The minimum atomic E-state index is -0.386. The Hall–Kier alpha value is -3.47. The number of carbonyl (C=O) groups is 3. The van der Waals surface area contributed by atoms with Crippen LogP contribution >= 0.6 is 11.8 Å². The number of aliphatic imine (C=N–C) groups is 1. The van der Waals surface area contributed by atoms with Crippen LogP contribution in [0.3, 0.4) is 0 Å². The topological polar surface area (TPSA) is 143 Å². The lowest BCUT2D eigenvalue weighted by Gasteiger charge is -2.38. The van der Waals surface area contributed by atoms with Crippen LogP contribution in [-0.2, 0) is 14.3 Å². The van der Waals surface area contributed by atoms with Crippen molar-refractivity contribution >= 4 is 47.3 Å². The number of carbonyl (C=O) groups excluding carboxylic acids is 3. The number of nitrogens with one attached hydrogen (secondary N) is 2. The second kappa shape index (κ2) is 13.0. The quantitative estimate of drug-likeness (QED) is 0.464. The van der Waals surface area contributed by atoms with Crippen molar-refractivity contribution < 1.29 is 19.1 Å².